The first-order valence-electron chi connectivity index (χ1n) is 9.32. The zero-order valence-electron chi connectivity index (χ0n) is 16.1. The number of hydrogen-bond donors (Lipinski definition) is 1. The fourth-order valence-electron chi connectivity index (χ4n) is 3.00. The number of benzene rings is 2. The molecule has 1 N–H and O–H groups in total. The van der Waals surface area contributed by atoms with Gasteiger partial charge in [0.05, 0.1) is 23.4 Å². The molecule has 0 saturated heterocycles. The molecule has 0 unspecified atom stereocenters. The monoisotopic (exact) mass is 423 g/mol. The van der Waals surface area contributed by atoms with Crippen molar-refractivity contribution in [2.75, 3.05) is 11.9 Å². The molecule has 1 amide bonds. The van der Waals surface area contributed by atoms with Crippen LogP contribution in [0.4, 0.5) is 9.52 Å². The van der Waals surface area contributed by atoms with Gasteiger partial charge in [-0.1, -0.05) is 23.5 Å². The van der Waals surface area contributed by atoms with E-state index in [0.717, 1.165) is 21.5 Å². The minimum atomic E-state index is -0.530. The Hall–Kier alpha value is -3.52. The molecule has 2 aromatic heterocycles. The van der Waals surface area contributed by atoms with E-state index in [2.05, 4.69) is 10.3 Å². The van der Waals surface area contributed by atoms with Crippen LogP contribution in [0.15, 0.2) is 65.6 Å². The maximum atomic E-state index is 13.1. The first kappa shape index (κ1) is 19.8. The van der Waals surface area contributed by atoms with Gasteiger partial charge in [0.25, 0.3) is 11.5 Å². The molecule has 0 spiro atoms. The number of aromatic nitrogens is 2. The van der Waals surface area contributed by atoms with Gasteiger partial charge in [-0.25, -0.2) is 9.37 Å². The van der Waals surface area contributed by atoms with Gasteiger partial charge in [0, 0.05) is 6.20 Å². The van der Waals surface area contributed by atoms with Crippen LogP contribution in [-0.4, -0.2) is 22.1 Å². The summed E-state index contributed by atoms with van der Waals surface area (Å²) in [5.41, 5.74) is 1.07. The van der Waals surface area contributed by atoms with E-state index in [9.17, 15) is 14.0 Å². The van der Waals surface area contributed by atoms with Crippen molar-refractivity contribution in [2.24, 2.45) is 0 Å². The summed E-state index contributed by atoms with van der Waals surface area (Å²) < 4.78 is 20.9. The number of amides is 1. The van der Waals surface area contributed by atoms with Crippen LogP contribution in [0.3, 0.4) is 0 Å². The molecule has 2 aromatic carbocycles. The number of thiazole rings is 1. The Labute approximate surface area is 175 Å². The van der Waals surface area contributed by atoms with E-state index in [1.807, 2.05) is 25.1 Å². The molecule has 4 aromatic rings. The molecule has 0 aliphatic rings. The summed E-state index contributed by atoms with van der Waals surface area (Å²) in [5, 5.41) is 3.10. The van der Waals surface area contributed by atoms with Gasteiger partial charge < -0.3 is 9.30 Å². The second-order valence-corrected chi connectivity index (χ2v) is 7.55. The topological polar surface area (TPSA) is 73.2 Å². The maximum Gasteiger partial charge on any atom is 0.263 e. The first-order valence-corrected chi connectivity index (χ1v) is 10.1. The highest BCUT2D eigenvalue weighted by atomic mass is 32.1. The van der Waals surface area contributed by atoms with Crippen LogP contribution in [-0.2, 0) is 6.54 Å². The fraction of sp³-hybridized carbons (Fsp3) is 0.136. The van der Waals surface area contributed by atoms with Gasteiger partial charge in [0.15, 0.2) is 5.13 Å². The Balaban J connectivity index is 1.55. The Morgan fingerprint density at radius 3 is 2.77 bits per heavy atom. The predicted molar refractivity (Wildman–Crippen MR) is 115 cm³/mol. The van der Waals surface area contributed by atoms with Crippen molar-refractivity contribution in [1.29, 1.82) is 0 Å². The van der Waals surface area contributed by atoms with Gasteiger partial charge in [-0.05, 0) is 55.0 Å². The lowest BCUT2D eigenvalue weighted by molar-refractivity contribution is 0.102. The molecule has 0 radical (unpaired) electrons. The Morgan fingerprint density at radius 2 is 2.00 bits per heavy atom. The van der Waals surface area contributed by atoms with Crippen LogP contribution in [0, 0.1) is 5.82 Å². The lowest BCUT2D eigenvalue weighted by atomic mass is 10.2. The normalized spacial score (nSPS) is 10.9. The molecule has 0 fully saturated rings. The molecule has 4 rings (SSSR count). The molecule has 2 heterocycles. The van der Waals surface area contributed by atoms with Gasteiger partial charge in [0.1, 0.15) is 17.1 Å². The molecule has 30 heavy (non-hydrogen) atoms. The second-order valence-electron chi connectivity index (χ2n) is 6.52. The zero-order chi connectivity index (χ0) is 21.1. The molecule has 0 aliphatic heterocycles. The van der Waals surface area contributed by atoms with Crippen molar-refractivity contribution in [2.45, 2.75) is 13.5 Å². The molecule has 152 valence electrons. The predicted octanol–water partition coefficient (Wildman–Crippen LogP) is 4.30. The third-order valence-corrected chi connectivity index (χ3v) is 5.36. The van der Waals surface area contributed by atoms with Crippen molar-refractivity contribution in [1.82, 2.24) is 9.55 Å². The lowest BCUT2D eigenvalue weighted by Gasteiger charge is -2.08. The molecule has 8 heteroatoms. The average molecular weight is 423 g/mol. The fourth-order valence-corrected chi connectivity index (χ4v) is 3.89. The van der Waals surface area contributed by atoms with Crippen molar-refractivity contribution in [3.05, 3.63) is 88.1 Å². The maximum absolute atomic E-state index is 13.1. The molecule has 0 atom stereocenters. The summed E-state index contributed by atoms with van der Waals surface area (Å²) in [6, 6.07) is 14.5. The Bertz CT molecular complexity index is 1260. The highest BCUT2D eigenvalue weighted by Crippen LogP contribution is 2.29. The van der Waals surface area contributed by atoms with E-state index in [-0.39, 0.29) is 17.9 Å². The number of carbonyl (C=O) groups is 1. The van der Waals surface area contributed by atoms with Gasteiger partial charge >= 0.3 is 0 Å². The standard InChI is InChI=1S/C22H18FN3O3S/c1-2-29-16-9-10-18-19(12-16)30-22(24-18)25-20(27)17-4-3-11-26(21(17)28)13-14-5-7-15(23)8-6-14/h3-12H,2,13H2,1H3,(H,24,25,27). The van der Waals surface area contributed by atoms with Crippen LogP contribution in [0.2, 0.25) is 0 Å². The smallest absolute Gasteiger partial charge is 0.263 e. The third-order valence-electron chi connectivity index (χ3n) is 4.42. The number of fused-ring (bicyclic) bond motifs is 1. The number of carbonyl (C=O) groups excluding carboxylic acids is 1. The van der Waals surface area contributed by atoms with Gasteiger partial charge in [-0.15, -0.1) is 0 Å². The van der Waals surface area contributed by atoms with Gasteiger partial charge in [-0.3, -0.25) is 14.9 Å². The first-order chi connectivity index (χ1) is 14.5. The van der Waals surface area contributed by atoms with E-state index in [4.69, 9.17) is 4.74 Å². The minimum absolute atomic E-state index is 0.00822. The lowest BCUT2D eigenvalue weighted by Crippen LogP contribution is -2.29. The van der Waals surface area contributed by atoms with E-state index in [0.29, 0.717) is 11.7 Å². The Kier molecular flexibility index (Phi) is 5.58. The van der Waals surface area contributed by atoms with Crippen LogP contribution in [0.1, 0.15) is 22.8 Å². The summed E-state index contributed by atoms with van der Waals surface area (Å²) in [5.74, 6) is -0.140. The quantitative estimate of drug-likeness (QED) is 0.502. The number of nitrogens with zero attached hydrogens (tertiary/aromatic N) is 2. The third kappa shape index (κ3) is 4.23. The van der Waals surface area contributed by atoms with Crippen molar-refractivity contribution < 1.29 is 13.9 Å². The number of pyridine rings is 1. The zero-order valence-corrected chi connectivity index (χ0v) is 16.9. The number of anilines is 1. The largest absolute Gasteiger partial charge is 0.494 e. The highest BCUT2D eigenvalue weighted by Gasteiger charge is 2.15. The number of ether oxygens (including phenoxy) is 1. The molecule has 6 nitrogen and oxygen atoms in total. The molecule has 0 aliphatic carbocycles. The van der Waals surface area contributed by atoms with E-state index < -0.39 is 11.5 Å². The van der Waals surface area contributed by atoms with Crippen LogP contribution >= 0.6 is 11.3 Å². The van der Waals surface area contributed by atoms with E-state index >= 15 is 0 Å². The summed E-state index contributed by atoms with van der Waals surface area (Å²) in [7, 11) is 0. The minimum Gasteiger partial charge on any atom is -0.494 e. The van der Waals surface area contributed by atoms with E-state index in [1.165, 1.54) is 34.1 Å². The van der Waals surface area contributed by atoms with Gasteiger partial charge in [0.2, 0.25) is 0 Å². The molecular formula is C22H18FN3O3S. The summed E-state index contributed by atoms with van der Waals surface area (Å²) in [6.07, 6.45) is 1.59. The van der Waals surface area contributed by atoms with Crippen molar-refractivity contribution >= 4 is 32.6 Å². The second kappa shape index (κ2) is 8.46. The van der Waals surface area contributed by atoms with E-state index in [1.54, 1.807) is 24.4 Å². The number of nitrogens with one attached hydrogen (secondary N) is 1. The Morgan fingerprint density at radius 1 is 1.20 bits per heavy atom. The summed E-state index contributed by atoms with van der Waals surface area (Å²) in [4.78, 5) is 29.8. The number of halogens is 1. The SMILES string of the molecule is CCOc1ccc2nc(NC(=O)c3cccn(Cc4ccc(F)cc4)c3=O)sc2c1. The number of hydrogen-bond acceptors (Lipinski definition) is 5. The molecule has 0 bridgehead atoms. The van der Waals surface area contributed by atoms with Gasteiger partial charge in [-0.2, -0.15) is 0 Å². The average Bonchev–Trinajstić information content (AvgIpc) is 3.13. The van der Waals surface area contributed by atoms with Crippen LogP contribution in [0.25, 0.3) is 10.2 Å². The van der Waals surface area contributed by atoms with Crippen molar-refractivity contribution in [3.63, 3.8) is 0 Å². The summed E-state index contributed by atoms with van der Waals surface area (Å²) in [6.45, 7) is 2.71. The highest BCUT2D eigenvalue weighted by molar-refractivity contribution is 7.22. The van der Waals surface area contributed by atoms with Crippen LogP contribution in [0.5, 0.6) is 5.75 Å². The summed E-state index contributed by atoms with van der Waals surface area (Å²) >= 11 is 1.31. The molecular weight excluding hydrogens is 405 g/mol. The van der Waals surface area contributed by atoms with Crippen molar-refractivity contribution in [3.8, 4) is 5.75 Å². The molecule has 0 saturated carbocycles. The number of rotatable bonds is 6. The van der Waals surface area contributed by atoms with Crippen LogP contribution < -0.4 is 15.6 Å².